The Kier molecular flexibility index (Phi) is 3.30. The number of fused-ring (bicyclic) bond motifs is 2. The number of aromatic amines is 1. The van der Waals surface area contributed by atoms with Crippen molar-refractivity contribution < 1.29 is 4.74 Å². The minimum absolute atomic E-state index is 0.0579. The van der Waals surface area contributed by atoms with Crippen molar-refractivity contribution in [3.8, 4) is 0 Å². The summed E-state index contributed by atoms with van der Waals surface area (Å²) < 4.78 is 7.24. The molecule has 0 radical (unpaired) electrons. The van der Waals surface area contributed by atoms with Gasteiger partial charge >= 0.3 is 0 Å². The van der Waals surface area contributed by atoms with Crippen LogP contribution in [-0.2, 0) is 17.6 Å². The Labute approximate surface area is 143 Å². The standard InChI is InChI=1S/C17H18N6O2/c24-15-6-10-2-1-3-12(10)22-23(15)14-8-25-7-13(14)21-17-11-4-5-18-16(11)19-9-20-17/h4-6,9,13-14H,1-3,7-8H2,(H2,18,19,20,21). The van der Waals surface area contributed by atoms with Crippen LogP contribution in [0.15, 0.2) is 29.5 Å². The molecular formula is C17H18N6O2. The maximum absolute atomic E-state index is 12.5. The Morgan fingerprint density at radius 3 is 3.20 bits per heavy atom. The van der Waals surface area contributed by atoms with Crippen LogP contribution in [0, 0.1) is 0 Å². The Morgan fingerprint density at radius 2 is 2.24 bits per heavy atom. The zero-order valence-electron chi connectivity index (χ0n) is 13.6. The van der Waals surface area contributed by atoms with Gasteiger partial charge in [-0.15, -0.1) is 0 Å². The Hall–Kier alpha value is -2.74. The van der Waals surface area contributed by atoms with Crippen LogP contribution in [0.3, 0.4) is 0 Å². The third-order valence-electron chi connectivity index (χ3n) is 5.02. The molecule has 0 saturated carbocycles. The maximum atomic E-state index is 12.5. The Morgan fingerprint density at radius 1 is 1.28 bits per heavy atom. The first kappa shape index (κ1) is 14.6. The second kappa shape index (κ2) is 5.66. The summed E-state index contributed by atoms with van der Waals surface area (Å²) in [5.41, 5.74) is 2.85. The molecule has 128 valence electrons. The number of nitrogens with one attached hydrogen (secondary N) is 2. The lowest BCUT2D eigenvalue weighted by Crippen LogP contribution is -2.38. The Balaban J connectivity index is 1.48. The molecule has 0 bridgehead atoms. The molecule has 2 unspecified atom stereocenters. The van der Waals surface area contributed by atoms with Crippen molar-refractivity contribution in [2.75, 3.05) is 18.5 Å². The van der Waals surface area contributed by atoms with E-state index >= 15 is 0 Å². The van der Waals surface area contributed by atoms with Gasteiger partial charge in [0.2, 0.25) is 0 Å². The number of hydrogen-bond donors (Lipinski definition) is 2. The van der Waals surface area contributed by atoms with Gasteiger partial charge in [0, 0.05) is 12.3 Å². The van der Waals surface area contributed by atoms with Gasteiger partial charge in [0.05, 0.1) is 30.3 Å². The van der Waals surface area contributed by atoms with Gasteiger partial charge in [0.1, 0.15) is 23.8 Å². The zero-order valence-corrected chi connectivity index (χ0v) is 13.6. The summed E-state index contributed by atoms with van der Waals surface area (Å²) in [7, 11) is 0. The largest absolute Gasteiger partial charge is 0.377 e. The van der Waals surface area contributed by atoms with E-state index in [9.17, 15) is 4.79 Å². The lowest BCUT2D eigenvalue weighted by Gasteiger charge is -2.21. The van der Waals surface area contributed by atoms with Crippen LogP contribution in [0.2, 0.25) is 0 Å². The molecular weight excluding hydrogens is 320 g/mol. The molecule has 2 N–H and O–H groups in total. The highest BCUT2D eigenvalue weighted by Crippen LogP contribution is 2.25. The minimum Gasteiger partial charge on any atom is -0.377 e. The Bertz CT molecular complexity index is 994. The minimum atomic E-state index is -0.151. The van der Waals surface area contributed by atoms with Crippen molar-refractivity contribution in [2.24, 2.45) is 0 Å². The molecule has 0 aromatic carbocycles. The molecule has 8 nitrogen and oxygen atoms in total. The maximum Gasteiger partial charge on any atom is 0.267 e. The SMILES string of the molecule is O=c1cc2c(nn1C1COCC1Nc1ncnc3[nH]ccc13)CCC2. The number of H-pyrrole nitrogens is 1. The van der Waals surface area contributed by atoms with Crippen LogP contribution in [0.4, 0.5) is 5.82 Å². The van der Waals surface area contributed by atoms with Crippen molar-refractivity contribution in [1.82, 2.24) is 24.7 Å². The van der Waals surface area contributed by atoms with E-state index in [0.29, 0.717) is 13.2 Å². The predicted molar refractivity (Wildman–Crippen MR) is 91.7 cm³/mol. The van der Waals surface area contributed by atoms with Crippen molar-refractivity contribution in [3.05, 3.63) is 46.3 Å². The number of rotatable bonds is 3. The van der Waals surface area contributed by atoms with Crippen molar-refractivity contribution in [1.29, 1.82) is 0 Å². The second-order valence-electron chi connectivity index (χ2n) is 6.57. The van der Waals surface area contributed by atoms with E-state index < -0.39 is 0 Å². The number of ether oxygens (including phenoxy) is 1. The molecule has 8 heteroatoms. The summed E-state index contributed by atoms with van der Waals surface area (Å²) in [4.78, 5) is 24.1. The molecule has 3 aromatic rings. The first-order valence-electron chi connectivity index (χ1n) is 8.53. The van der Waals surface area contributed by atoms with E-state index in [-0.39, 0.29) is 17.6 Å². The molecule has 0 amide bonds. The quantitative estimate of drug-likeness (QED) is 0.741. The molecule has 1 fully saturated rings. The van der Waals surface area contributed by atoms with Gasteiger partial charge in [-0.05, 0) is 30.9 Å². The van der Waals surface area contributed by atoms with Gasteiger partial charge in [-0.2, -0.15) is 5.10 Å². The fourth-order valence-electron chi connectivity index (χ4n) is 3.74. The summed E-state index contributed by atoms with van der Waals surface area (Å²) in [6.45, 7) is 0.969. The number of anilines is 1. The number of aryl methyl sites for hydroxylation is 2. The lowest BCUT2D eigenvalue weighted by molar-refractivity contribution is 0.182. The molecule has 1 aliphatic heterocycles. The van der Waals surface area contributed by atoms with E-state index in [1.54, 1.807) is 10.7 Å². The highest BCUT2D eigenvalue weighted by atomic mass is 16.5. The normalized spacial score (nSPS) is 22.4. The molecule has 2 aliphatic rings. The van der Waals surface area contributed by atoms with E-state index in [1.807, 2.05) is 12.3 Å². The molecule has 0 spiro atoms. The van der Waals surface area contributed by atoms with E-state index in [0.717, 1.165) is 47.4 Å². The van der Waals surface area contributed by atoms with Gasteiger partial charge in [-0.3, -0.25) is 4.79 Å². The second-order valence-corrected chi connectivity index (χ2v) is 6.57. The van der Waals surface area contributed by atoms with Crippen LogP contribution in [0.5, 0.6) is 0 Å². The fraction of sp³-hybridized carbons (Fsp3) is 0.412. The zero-order chi connectivity index (χ0) is 16.8. The molecule has 2 atom stereocenters. The van der Waals surface area contributed by atoms with Gasteiger partial charge in [0.25, 0.3) is 5.56 Å². The molecule has 4 heterocycles. The molecule has 1 aliphatic carbocycles. The first-order chi connectivity index (χ1) is 12.3. The fourth-order valence-corrected chi connectivity index (χ4v) is 3.74. The molecule has 5 rings (SSSR count). The average Bonchev–Trinajstić information content (AvgIpc) is 3.34. The number of nitrogens with zero attached hydrogens (tertiary/aromatic N) is 4. The summed E-state index contributed by atoms with van der Waals surface area (Å²) in [5.74, 6) is 0.737. The predicted octanol–water partition coefficient (Wildman–Crippen LogP) is 1.06. The number of aromatic nitrogens is 5. The lowest BCUT2D eigenvalue weighted by atomic mass is 10.1. The number of hydrogen-bond acceptors (Lipinski definition) is 6. The van der Waals surface area contributed by atoms with E-state index in [2.05, 4.69) is 25.4 Å². The summed E-state index contributed by atoms with van der Waals surface area (Å²) >= 11 is 0. The van der Waals surface area contributed by atoms with Gasteiger partial charge in [0.15, 0.2) is 0 Å². The van der Waals surface area contributed by atoms with Gasteiger partial charge < -0.3 is 15.0 Å². The monoisotopic (exact) mass is 338 g/mol. The van der Waals surface area contributed by atoms with Crippen molar-refractivity contribution in [3.63, 3.8) is 0 Å². The molecule has 1 saturated heterocycles. The molecule has 3 aromatic heterocycles. The van der Waals surface area contributed by atoms with Crippen molar-refractivity contribution >= 4 is 16.9 Å². The van der Waals surface area contributed by atoms with E-state index in [1.165, 1.54) is 6.33 Å². The summed E-state index contributed by atoms with van der Waals surface area (Å²) in [5, 5.41) is 8.96. The third kappa shape index (κ3) is 2.41. The summed E-state index contributed by atoms with van der Waals surface area (Å²) in [6, 6.07) is 3.45. The van der Waals surface area contributed by atoms with Crippen LogP contribution in [-0.4, -0.2) is 44.0 Å². The van der Waals surface area contributed by atoms with Crippen LogP contribution >= 0.6 is 0 Å². The highest BCUT2D eigenvalue weighted by Gasteiger charge is 2.33. The highest BCUT2D eigenvalue weighted by molar-refractivity contribution is 5.86. The van der Waals surface area contributed by atoms with E-state index in [4.69, 9.17) is 4.74 Å². The average molecular weight is 338 g/mol. The van der Waals surface area contributed by atoms with Crippen LogP contribution in [0.25, 0.3) is 11.0 Å². The third-order valence-corrected chi connectivity index (χ3v) is 5.02. The van der Waals surface area contributed by atoms with Gasteiger partial charge in [-0.25, -0.2) is 14.6 Å². The first-order valence-corrected chi connectivity index (χ1v) is 8.53. The smallest absolute Gasteiger partial charge is 0.267 e. The molecule has 25 heavy (non-hydrogen) atoms. The van der Waals surface area contributed by atoms with Crippen LogP contribution in [0.1, 0.15) is 23.7 Å². The van der Waals surface area contributed by atoms with Crippen LogP contribution < -0.4 is 10.9 Å². The topological polar surface area (TPSA) is 97.7 Å². The van der Waals surface area contributed by atoms with Gasteiger partial charge in [-0.1, -0.05) is 0 Å². The van der Waals surface area contributed by atoms with Crippen molar-refractivity contribution in [2.45, 2.75) is 31.3 Å². The summed E-state index contributed by atoms with van der Waals surface area (Å²) in [6.07, 6.45) is 6.32.